The molecule has 130 valence electrons. The van der Waals surface area contributed by atoms with Gasteiger partial charge in [-0.2, -0.15) is 0 Å². The summed E-state index contributed by atoms with van der Waals surface area (Å²) in [5.41, 5.74) is 8.09. The summed E-state index contributed by atoms with van der Waals surface area (Å²) < 4.78 is 2.54. The number of aromatic nitrogens is 2. The smallest absolute Gasteiger partial charge is 0.0702 e. The zero-order valence-electron chi connectivity index (χ0n) is 15.1. The van der Waals surface area contributed by atoms with Gasteiger partial charge in [0, 0.05) is 54.2 Å². The van der Waals surface area contributed by atoms with Gasteiger partial charge in [0.2, 0.25) is 0 Å². The highest BCUT2D eigenvalue weighted by Crippen LogP contribution is 2.30. The first kappa shape index (κ1) is 15.6. The van der Waals surface area contributed by atoms with E-state index < -0.39 is 0 Å². The van der Waals surface area contributed by atoms with E-state index in [1.165, 1.54) is 38.7 Å². The lowest BCUT2D eigenvalue weighted by atomic mass is 10.0. The summed E-state index contributed by atoms with van der Waals surface area (Å²) in [5.74, 6) is 0. The molecular formula is C23H23N3. The average Bonchev–Trinajstić information content (AvgIpc) is 2.99. The molecule has 1 aliphatic heterocycles. The standard InChI is InChI=1S/C23H23N3/c1-16-6-7-22-19(12-16)20-15-24-10-8-23(20)26(22)11-9-17-13-18-4-2-3-5-21(18)25-14-17/h2-7,12-14,24H,8-11,15H2,1H3. The van der Waals surface area contributed by atoms with Gasteiger partial charge in [-0.15, -0.1) is 0 Å². The normalized spacial score (nSPS) is 14.0. The maximum atomic E-state index is 4.62. The first-order chi connectivity index (χ1) is 12.8. The molecular weight excluding hydrogens is 318 g/mol. The molecule has 0 saturated heterocycles. The Balaban J connectivity index is 1.52. The Morgan fingerprint density at radius 3 is 3.00 bits per heavy atom. The van der Waals surface area contributed by atoms with E-state index in [1.54, 1.807) is 0 Å². The van der Waals surface area contributed by atoms with E-state index in [0.717, 1.165) is 38.0 Å². The largest absolute Gasteiger partial charge is 0.344 e. The van der Waals surface area contributed by atoms with Crippen LogP contribution in [-0.2, 0) is 25.9 Å². The van der Waals surface area contributed by atoms with Gasteiger partial charge in [-0.1, -0.05) is 29.8 Å². The summed E-state index contributed by atoms with van der Waals surface area (Å²) >= 11 is 0. The fraction of sp³-hybridized carbons (Fsp3) is 0.261. The topological polar surface area (TPSA) is 29.9 Å². The predicted molar refractivity (Wildman–Crippen MR) is 108 cm³/mol. The van der Waals surface area contributed by atoms with Crippen molar-refractivity contribution < 1.29 is 0 Å². The highest BCUT2D eigenvalue weighted by Gasteiger charge is 2.19. The molecule has 0 unspecified atom stereocenters. The van der Waals surface area contributed by atoms with Crippen LogP contribution in [0, 0.1) is 6.92 Å². The fourth-order valence-electron chi connectivity index (χ4n) is 4.24. The predicted octanol–water partition coefficient (Wildman–Crippen LogP) is 4.39. The molecule has 0 saturated carbocycles. The van der Waals surface area contributed by atoms with Crippen molar-refractivity contribution in [2.24, 2.45) is 0 Å². The van der Waals surface area contributed by atoms with E-state index in [2.05, 4.69) is 64.3 Å². The Morgan fingerprint density at radius 1 is 1.12 bits per heavy atom. The summed E-state index contributed by atoms with van der Waals surface area (Å²) in [4.78, 5) is 4.62. The number of rotatable bonds is 3. The monoisotopic (exact) mass is 341 g/mol. The number of aryl methyl sites for hydroxylation is 3. The van der Waals surface area contributed by atoms with Gasteiger partial charge in [-0.3, -0.25) is 4.98 Å². The molecule has 0 aliphatic carbocycles. The number of hydrogen-bond donors (Lipinski definition) is 1. The van der Waals surface area contributed by atoms with Crippen LogP contribution >= 0.6 is 0 Å². The van der Waals surface area contributed by atoms with Crippen LogP contribution in [0.25, 0.3) is 21.8 Å². The second kappa shape index (κ2) is 6.26. The molecule has 3 heteroatoms. The number of para-hydroxylation sites is 1. The summed E-state index contributed by atoms with van der Waals surface area (Å²) in [6, 6.07) is 17.5. The Bertz CT molecular complexity index is 1110. The highest BCUT2D eigenvalue weighted by molar-refractivity contribution is 5.86. The number of fused-ring (bicyclic) bond motifs is 4. The van der Waals surface area contributed by atoms with Crippen LogP contribution in [-0.4, -0.2) is 16.1 Å². The van der Waals surface area contributed by atoms with E-state index >= 15 is 0 Å². The van der Waals surface area contributed by atoms with E-state index in [-0.39, 0.29) is 0 Å². The van der Waals surface area contributed by atoms with Crippen molar-refractivity contribution in [3.8, 4) is 0 Å². The third kappa shape index (κ3) is 2.60. The minimum atomic E-state index is 0.986. The van der Waals surface area contributed by atoms with Gasteiger partial charge >= 0.3 is 0 Å². The highest BCUT2D eigenvalue weighted by atomic mass is 15.0. The van der Waals surface area contributed by atoms with Crippen LogP contribution in [0.2, 0.25) is 0 Å². The molecule has 0 amide bonds. The first-order valence-electron chi connectivity index (χ1n) is 9.44. The zero-order chi connectivity index (χ0) is 17.5. The summed E-state index contributed by atoms with van der Waals surface area (Å²) in [6.07, 6.45) is 4.15. The molecule has 0 spiro atoms. The molecule has 26 heavy (non-hydrogen) atoms. The Hall–Kier alpha value is -2.65. The van der Waals surface area contributed by atoms with Crippen molar-refractivity contribution >= 4 is 21.8 Å². The molecule has 5 rings (SSSR count). The van der Waals surface area contributed by atoms with Crippen LogP contribution < -0.4 is 5.32 Å². The SMILES string of the molecule is Cc1ccc2c(c1)c1c(n2CCc2cnc3ccccc3c2)CCNC1. The molecule has 3 nitrogen and oxygen atoms in total. The maximum absolute atomic E-state index is 4.62. The van der Waals surface area contributed by atoms with E-state index in [1.807, 2.05) is 12.3 Å². The van der Waals surface area contributed by atoms with Gasteiger partial charge in [0.15, 0.2) is 0 Å². The lowest BCUT2D eigenvalue weighted by molar-refractivity contribution is 0.594. The second-order valence-electron chi connectivity index (χ2n) is 7.31. The third-order valence-electron chi connectivity index (χ3n) is 5.55. The fourth-order valence-corrected chi connectivity index (χ4v) is 4.24. The third-order valence-corrected chi connectivity index (χ3v) is 5.55. The second-order valence-corrected chi connectivity index (χ2v) is 7.31. The van der Waals surface area contributed by atoms with Crippen molar-refractivity contribution in [3.05, 3.63) is 77.1 Å². The zero-order valence-corrected chi connectivity index (χ0v) is 15.1. The van der Waals surface area contributed by atoms with Crippen LogP contribution in [0.1, 0.15) is 22.4 Å². The van der Waals surface area contributed by atoms with Crippen LogP contribution in [0.3, 0.4) is 0 Å². The number of pyridine rings is 1. The molecule has 0 radical (unpaired) electrons. The van der Waals surface area contributed by atoms with Gasteiger partial charge in [-0.25, -0.2) is 0 Å². The number of nitrogens with one attached hydrogen (secondary N) is 1. The first-order valence-corrected chi connectivity index (χ1v) is 9.44. The molecule has 0 atom stereocenters. The van der Waals surface area contributed by atoms with Gasteiger partial charge in [0.25, 0.3) is 0 Å². The molecule has 2 aromatic heterocycles. The Labute approximate surface area is 153 Å². The lowest BCUT2D eigenvalue weighted by Gasteiger charge is -2.17. The molecule has 1 aliphatic rings. The summed E-state index contributed by atoms with van der Waals surface area (Å²) in [5, 5.41) is 6.18. The molecule has 3 heterocycles. The van der Waals surface area contributed by atoms with Gasteiger partial charge in [0.1, 0.15) is 0 Å². The average molecular weight is 341 g/mol. The molecule has 4 aromatic rings. The van der Waals surface area contributed by atoms with Crippen LogP contribution in [0.5, 0.6) is 0 Å². The minimum absolute atomic E-state index is 0.986. The van der Waals surface area contributed by atoms with E-state index in [9.17, 15) is 0 Å². The van der Waals surface area contributed by atoms with Crippen molar-refractivity contribution in [3.63, 3.8) is 0 Å². The van der Waals surface area contributed by atoms with Gasteiger partial charge in [0.05, 0.1) is 5.52 Å². The van der Waals surface area contributed by atoms with Crippen molar-refractivity contribution in [2.45, 2.75) is 32.9 Å². The van der Waals surface area contributed by atoms with Gasteiger partial charge < -0.3 is 9.88 Å². The Kier molecular flexibility index (Phi) is 3.75. The summed E-state index contributed by atoms with van der Waals surface area (Å²) in [6.45, 7) is 5.24. The molecule has 0 bridgehead atoms. The van der Waals surface area contributed by atoms with Crippen LogP contribution in [0.15, 0.2) is 54.7 Å². The molecule has 1 N–H and O–H groups in total. The van der Waals surface area contributed by atoms with Crippen molar-refractivity contribution in [1.82, 2.24) is 14.9 Å². The van der Waals surface area contributed by atoms with Crippen LogP contribution in [0.4, 0.5) is 0 Å². The summed E-state index contributed by atoms with van der Waals surface area (Å²) in [7, 11) is 0. The number of benzene rings is 2. The number of nitrogens with zero attached hydrogens (tertiary/aromatic N) is 2. The van der Waals surface area contributed by atoms with Crippen molar-refractivity contribution in [2.75, 3.05) is 6.54 Å². The van der Waals surface area contributed by atoms with E-state index in [4.69, 9.17) is 0 Å². The van der Waals surface area contributed by atoms with Gasteiger partial charge in [-0.05, 0) is 48.7 Å². The lowest BCUT2D eigenvalue weighted by Crippen LogP contribution is -2.24. The molecule has 2 aromatic carbocycles. The quantitative estimate of drug-likeness (QED) is 0.599. The maximum Gasteiger partial charge on any atom is 0.0702 e. The Morgan fingerprint density at radius 2 is 2.04 bits per heavy atom. The minimum Gasteiger partial charge on any atom is -0.344 e. The van der Waals surface area contributed by atoms with E-state index in [0.29, 0.717) is 0 Å². The van der Waals surface area contributed by atoms with Crippen molar-refractivity contribution in [1.29, 1.82) is 0 Å². The molecule has 0 fully saturated rings. The number of hydrogen-bond acceptors (Lipinski definition) is 2.